The Labute approximate surface area is 116 Å². The molecule has 2 aromatic carbocycles. The van der Waals surface area contributed by atoms with Crippen molar-refractivity contribution in [1.29, 1.82) is 0 Å². The number of nitrogens with two attached hydrogens (primary N) is 1. The number of urea groups is 1. The number of anilines is 1. The van der Waals surface area contributed by atoms with Gasteiger partial charge in [-0.2, -0.15) is 0 Å². The quantitative estimate of drug-likeness (QED) is 0.794. The predicted molar refractivity (Wildman–Crippen MR) is 77.0 cm³/mol. The van der Waals surface area contributed by atoms with Crippen LogP contribution in [0.5, 0.6) is 0 Å². The van der Waals surface area contributed by atoms with Crippen LogP contribution < -0.4 is 16.4 Å². The summed E-state index contributed by atoms with van der Waals surface area (Å²) in [6.45, 7) is 0. The van der Waals surface area contributed by atoms with Gasteiger partial charge >= 0.3 is 6.03 Å². The topological polar surface area (TPSA) is 84.2 Å². The Morgan fingerprint density at radius 3 is 2.00 bits per heavy atom. The van der Waals surface area contributed by atoms with E-state index in [1.807, 2.05) is 48.5 Å². The zero-order valence-corrected chi connectivity index (χ0v) is 10.7. The van der Waals surface area contributed by atoms with Crippen LogP contribution in [0.25, 0.3) is 0 Å². The molecule has 0 aliphatic rings. The van der Waals surface area contributed by atoms with Crippen LogP contribution in [-0.4, -0.2) is 11.9 Å². The van der Waals surface area contributed by atoms with Gasteiger partial charge < -0.3 is 11.1 Å². The molecule has 102 valence electrons. The SMILES string of the molecule is NC(=O)NC(=O)[C@@H](Nc1ccccc1)c1ccccc1. The van der Waals surface area contributed by atoms with Gasteiger partial charge in [-0.1, -0.05) is 48.5 Å². The second kappa shape index (κ2) is 6.38. The lowest BCUT2D eigenvalue weighted by Crippen LogP contribution is -2.40. The predicted octanol–water partition coefficient (Wildman–Crippen LogP) is 2.03. The first-order valence-corrected chi connectivity index (χ1v) is 6.13. The van der Waals surface area contributed by atoms with E-state index in [-0.39, 0.29) is 0 Å². The molecule has 4 N–H and O–H groups in total. The molecular weight excluding hydrogens is 254 g/mol. The van der Waals surface area contributed by atoms with E-state index in [1.54, 1.807) is 12.1 Å². The average molecular weight is 269 g/mol. The summed E-state index contributed by atoms with van der Waals surface area (Å²) >= 11 is 0. The van der Waals surface area contributed by atoms with Crippen molar-refractivity contribution < 1.29 is 9.59 Å². The highest BCUT2D eigenvalue weighted by molar-refractivity contribution is 5.98. The number of benzene rings is 2. The third kappa shape index (κ3) is 3.58. The molecule has 0 aliphatic heterocycles. The summed E-state index contributed by atoms with van der Waals surface area (Å²) in [6, 6.07) is 16.8. The van der Waals surface area contributed by atoms with Gasteiger partial charge in [-0.05, 0) is 17.7 Å². The maximum atomic E-state index is 12.1. The molecule has 5 heteroatoms. The lowest BCUT2D eigenvalue weighted by Gasteiger charge is -2.19. The Morgan fingerprint density at radius 2 is 1.45 bits per heavy atom. The molecule has 3 amide bonds. The van der Waals surface area contributed by atoms with Gasteiger partial charge in [0.15, 0.2) is 0 Å². The Kier molecular flexibility index (Phi) is 4.34. The van der Waals surface area contributed by atoms with E-state index in [1.165, 1.54) is 0 Å². The summed E-state index contributed by atoms with van der Waals surface area (Å²) < 4.78 is 0. The van der Waals surface area contributed by atoms with Gasteiger partial charge in [0.05, 0.1) is 0 Å². The number of nitrogens with one attached hydrogen (secondary N) is 2. The number of rotatable bonds is 4. The smallest absolute Gasteiger partial charge is 0.318 e. The van der Waals surface area contributed by atoms with Crippen LogP contribution in [0.15, 0.2) is 60.7 Å². The molecular formula is C15H15N3O2. The number of carbonyl (C=O) groups is 2. The molecule has 0 fully saturated rings. The Hall–Kier alpha value is -2.82. The van der Waals surface area contributed by atoms with Gasteiger partial charge in [0.2, 0.25) is 0 Å². The van der Waals surface area contributed by atoms with Crippen LogP contribution >= 0.6 is 0 Å². The monoisotopic (exact) mass is 269 g/mol. The normalized spacial score (nSPS) is 11.4. The van der Waals surface area contributed by atoms with Crippen molar-refractivity contribution in [2.24, 2.45) is 5.73 Å². The second-order valence-corrected chi connectivity index (χ2v) is 4.21. The Morgan fingerprint density at radius 1 is 0.900 bits per heavy atom. The molecule has 0 aromatic heterocycles. The molecule has 0 saturated heterocycles. The molecule has 20 heavy (non-hydrogen) atoms. The van der Waals surface area contributed by atoms with Crippen LogP contribution in [-0.2, 0) is 4.79 Å². The maximum Gasteiger partial charge on any atom is 0.318 e. The standard InChI is InChI=1S/C15H15N3O2/c16-15(20)18-14(19)13(11-7-3-1-4-8-11)17-12-9-5-2-6-10-12/h1-10,13,17H,(H3,16,18,19,20)/t13-/m0/s1. The van der Waals surface area contributed by atoms with Crippen LogP contribution in [0.4, 0.5) is 10.5 Å². The molecule has 0 saturated carbocycles. The van der Waals surface area contributed by atoms with E-state index < -0.39 is 18.0 Å². The van der Waals surface area contributed by atoms with Crippen molar-refractivity contribution >= 4 is 17.6 Å². The molecule has 0 unspecified atom stereocenters. The zero-order valence-electron chi connectivity index (χ0n) is 10.7. The number of primary amides is 1. The summed E-state index contributed by atoms with van der Waals surface area (Å²) in [5.41, 5.74) is 6.53. The van der Waals surface area contributed by atoms with Gasteiger partial charge in [0.25, 0.3) is 5.91 Å². The van der Waals surface area contributed by atoms with Gasteiger partial charge in [-0.25, -0.2) is 4.79 Å². The fourth-order valence-corrected chi connectivity index (χ4v) is 1.84. The number of hydrogen-bond acceptors (Lipinski definition) is 3. The van der Waals surface area contributed by atoms with Crippen molar-refractivity contribution in [2.75, 3.05) is 5.32 Å². The fourth-order valence-electron chi connectivity index (χ4n) is 1.84. The molecule has 0 bridgehead atoms. The highest BCUT2D eigenvalue weighted by Crippen LogP contribution is 2.19. The summed E-state index contributed by atoms with van der Waals surface area (Å²) in [5.74, 6) is -0.493. The van der Waals surface area contributed by atoms with Gasteiger partial charge in [0.1, 0.15) is 6.04 Å². The molecule has 0 radical (unpaired) electrons. The third-order valence-electron chi connectivity index (χ3n) is 2.73. The van der Waals surface area contributed by atoms with Crippen molar-refractivity contribution in [3.8, 4) is 0 Å². The lowest BCUT2D eigenvalue weighted by molar-refractivity contribution is -0.120. The number of amides is 3. The summed E-state index contributed by atoms with van der Waals surface area (Å²) in [6.07, 6.45) is 0. The van der Waals surface area contributed by atoms with E-state index >= 15 is 0 Å². The van der Waals surface area contributed by atoms with Gasteiger partial charge in [-0.15, -0.1) is 0 Å². The lowest BCUT2D eigenvalue weighted by atomic mass is 10.1. The number of carbonyl (C=O) groups excluding carboxylic acids is 2. The average Bonchev–Trinajstić information content (AvgIpc) is 2.46. The van der Waals surface area contributed by atoms with Crippen LogP contribution in [0.3, 0.4) is 0 Å². The van der Waals surface area contributed by atoms with Crippen molar-refractivity contribution in [1.82, 2.24) is 5.32 Å². The second-order valence-electron chi connectivity index (χ2n) is 4.21. The van der Waals surface area contributed by atoms with Gasteiger partial charge in [-0.3, -0.25) is 10.1 Å². The Bertz CT molecular complexity index is 585. The molecule has 0 spiro atoms. The van der Waals surface area contributed by atoms with E-state index in [2.05, 4.69) is 10.6 Å². The summed E-state index contributed by atoms with van der Waals surface area (Å²) in [7, 11) is 0. The highest BCUT2D eigenvalue weighted by Gasteiger charge is 2.21. The van der Waals surface area contributed by atoms with E-state index in [0.29, 0.717) is 0 Å². The van der Waals surface area contributed by atoms with Gasteiger partial charge in [0, 0.05) is 5.69 Å². The maximum absolute atomic E-state index is 12.1. The minimum absolute atomic E-state index is 0.493. The van der Waals surface area contributed by atoms with Crippen molar-refractivity contribution in [3.05, 3.63) is 66.2 Å². The first-order valence-electron chi connectivity index (χ1n) is 6.13. The minimum Gasteiger partial charge on any atom is -0.370 e. The Balaban J connectivity index is 2.25. The van der Waals surface area contributed by atoms with E-state index in [9.17, 15) is 9.59 Å². The minimum atomic E-state index is -0.870. The van der Waals surface area contributed by atoms with Crippen LogP contribution in [0.2, 0.25) is 0 Å². The summed E-state index contributed by atoms with van der Waals surface area (Å²) in [5, 5.41) is 5.18. The first-order chi connectivity index (χ1) is 9.66. The molecule has 0 aliphatic carbocycles. The number of hydrogen-bond donors (Lipinski definition) is 3. The first kappa shape index (κ1) is 13.6. The molecule has 5 nitrogen and oxygen atoms in total. The summed E-state index contributed by atoms with van der Waals surface area (Å²) in [4.78, 5) is 22.9. The fraction of sp³-hybridized carbons (Fsp3) is 0.0667. The molecule has 0 heterocycles. The highest BCUT2D eigenvalue weighted by atomic mass is 16.2. The van der Waals surface area contributed by atoms with Crippen LogP contribution in [0, 0.1) is 0 Å². The zero-order chi connectivity index (χ0) is 14.4. The van der Waals surface area contributed by atoms with Crippen molar-refractivity contribution in [2.45, 2.75) is 6.04 Å². The largest absolute Gasteiger partial charge is 0.370 e. The molecule has 2 aromatic rings. The van der Waals surface area contributed by atoms with E-state index in [4.69, 9.17) is 5.73 Å². The van der Waals surface area contributed by atoms with Crippen LogP contribution in [0.1, 0.15) is 11.6 Å². The third-order valence-corrected chi connectivity index (χ3v) is 2.73. The number of imide groups is 1. The van der Waals surface area contributed by atoms with E-state index in [0.717, 1.165) is 11.3 Å². The molecule has 2 rings (SSSR count). The molecule has 1 atom stereocenters. The van der Waals surface area contributed by atoms with Crippen molar-refractivity contribution in [3.63, 3.8) is 0 Å². The number of para-hydroxylation sites is 1.